The molecule has 0 spiro atoms. The normalized spacial score (nSPS) is 19.6. The Balaban J connectivity index is 2.23. The van der Waals surface area contributed by atoms with Gasteiger partial charge in [-0.2, -0.15) is 0 Å². The van der Waals surface area contributed by atoms with E-state index in [0.29, 0.717) is 0 Å². The molecule has 1 saturated carbocycles. The summed E-state index contributed by atoms with van der Waals surface area (Å²) in [4.78, 5) is 0. The molecule has 2 nitrogen and oxygen atoms in total. The molecule has 0 amide bonds. The first-order valence-corrected chi connectivity index (χ1v) is 6.67. The monoisotopic (exact) mass is 213 g/mol. The molecule has 1 fully saturated rings. The Labute approximate surface area is 94.8 Å². The molecule has 90 valence electrons. The van der Waals surface area contributed by atoms with Gasteiger partial charge in [0.2, 0.25) is 0 Å². The Morgan fingerprint density at radius 1 is 1.13 bits per heavy atom. The number of hydrogen-bond acceptors (Lipinski definition) is 2. The van der Waals surface area contributed by atoms with Gasteiger partial charge in [0, 0.05) is 13.2 Å². The van der Waals surface area contributed by atoms with E-state index in [1.807, 2.05) is 0 Å². The second-order valence-electron chi connectivity index (χ2n) is 4.73. The van der Waals surface area contributed by atoms with Crippen LogP contribution in [0.5, 0.6) is 0 Å². The molecule has 0 unspecified atom stereocenters. The molecule has 0 heterocycles. The fourth-order valence-electron chi connectivity index (χ4n) is 2.39. The third-order valence-corrected chi connectivity index (χ3v) is 3.37. The van der Waals surface area contributed by atoms with E-state index in [1.54, 1.807) is 0 Å². The SMILES string of the molecule is CCCCCOC1(CNCC)CCCC1. The molecule has 1 N–H and O–H groups in total. The summed E-state index contributed by atoms with van der Waals surface area (Å²) in [6, 6.07) is 0. The molecule has 0 radical (unpaired) electrons. The van der Waals surface area contributed by atoms with Gasteiger partial charge in [-0.15, -0.1) is 0 Å². The van der Waals surface area contributed by atoms with Gasteiger partial charge in [0.25, 0.3) is 0 Å². The van der Waals surface area contributed by atoms with Crippen molar-refractivity contribution in [2.45, 2.75) is 64.4 Å². The lowest BCUT2D eigenvalue weighted by Gasteiger charge is -2.29. The van der Waals surface area contributed by atoms with E-state index in [4.69, 9.17) is 4.74 Å². The van der Waals surface area contributed by atoms with Gasteiger partial charge < -0.3 is 10.1 Å². The predicted molar refractivity (Wildman–Crippen MR) is 65.2 cm³/mol. The van der Waals surface area contributed by atoms with Gasteiger partial charge in [-0.3, -0.25) is 0 Å². The van der Waals surface area contributed by atoms with E-state index < -0.39 is 0 Å². The first kappa shape index (κ1) is 13.0. The first-order chi connectivity index (χ1) is 7.33. The lowest BCUT2D eigenvalue weighted by Crippen LogP contribution is -2.41. The van der Waals surface area contributed by atoms with Gasteiger partial charge in [-0.05, 0) is 25.8 Å². The third kappa shape index (κ3) is 4.52. The van der Waals surface area contributed by atoms with E-state index in [0.717, 1.165) is 19.7 Å². The highest BCUT2D eigenvalue weighted by Crippen LogP contribution is 2.32. The smallest absolute Gasteiger partial charge is 0.0806 e. The minimum atomic E-state index is 0.184. The van der Waals surface area contributed by atoms with E-state index in [-0.39, 0.29) is 5.60 Å². The van der Waals surface area contributed by atoms with Gasteiger partial charge in [-0.25, -0.2) is 0 Å². The number of rotatable bonds is 8. The Bertz CT molecular complexity index is 153. The third-order valence-electron chi connectivity index (χ3n) is 3.37. The zero-order chi connectivity index (χ0) is 11.0. The predicted octanol–water partition coefficient (Wildman–Crippen LogP) is 3.12. The van der Waals surface area contributed by atoms with Crippen molar-refractivity contribution in [2.24, 2.45) is 0 Å². The zero-order valence-corrected chi connectivity index (χ0v) is 10.5. The van der Waals surface area contributed by atoms with Gasteiger partial charge >= 0.3 is 0 Å². The van der Waals surface area contributed by atoms with Crippen LogP contribution in [-0.2, 0) is 4.74 Å². The van der Waals surface area contributed by atoms with Crippen LogP contribution in [0.2, 0.25) is 0 Å². The van der Waals surface area contributed by atoms with Crippen LogP contribution in [0.3, 0.4) is 0 Å². The second kappa shape index (κ2) is 7.24. The number of ether oxygens (including phenoxy) is 1. The summed E-state index contributed by atoms with van der Waals surface area (Å²) in [5, 5.41) is 3.45. The molecule has 2 heteroatoms. The van der Waals surface area contributed by atoms with E-state index in [1.165, 1.54) is 44.9 Å². The molecule has 1 aliphatic carbocycles. The van der Waals surface area contributed by atoms with Crippen molar-refractivity contribution in [3.8, 4) is 0 Å². The lowest BCUT2D eigenvalue weighted by atomic mass is 10.0. The number of hydrogen-bond donors (Lipinski definition) is 1. The maximum absolute atomic E-state index is 6.13. The molecular weight excluding hydrogens is 186 g/mol. The quantitative estimate of drug-likeness (QED) is 0.626. The molecule has 0 aliphatic heterocycles. The molecule has 0 aromatic carbocycles. The van der Waals surface area contributed by atoms with Gasteiger partial charge in [0.15, 0.2) is 0 Å². The molecule has 1 rings (SSSR count). The largest absolute Gasteiger partial charge is 0.374 e. The highest BCUT2D eigenvalue weighted by molar-refractivity contribution is 4.88. The van der Waals surface area contributed by atoms with Crippen LogP contribution in [0.25, 0.3) is 0 Å². The first-order valence-electron chi connectivity index (χ1n) is 6.67. The van der Waals surface area contributed by atoms with Gasteiger partial charge in [-0.1, -0.05) is 39.5 Å². The van der Waals surface area contributed by atoms with Crippen molar-refractivity contribution >= 4 is 0 Å². The summed E-state index contributed by atoms with van der Waals surface area (Å²) in [7, 11) is 0. The molecule has 1 aliphatic rings. The minimum Gasteiger partial charge on any atom is -0.374 e. The van der Waals surface area contributed by atoms with Crippen LogP contribution >= 0.6 is 0 Å². The average Bonchev–Trinajstić information content (AvgIpc) is 2.71. The van der Waals surface area contributed by atoms with Crippen molar-refractivity contribution in [3.05, 3.63) is 0 Å². The van der Waals surface area contributed by atoms with E-state index >= 15 is 0 Å². The average molecular weight is 213 g/mol. The van der Waals surface area contributed by atoms with Gasteiger partial charge in [0.1, 0.15) is 0 Å². The van der Waals surface area contributed by atoms with Crippen molar-refractivity contribution in [1.29, 1.82) is 0 Å². The van der Waals surface area contributed by atoms with Gasteiger partial charge in [0.05, 0.1) is 5.60 Å². The number of likely N-dealkylation sites (N-methyl/N-ethyl adjacent to an activating group) is 1. The molecular formula is C13H27NO. The summed E-state index contributed by atoms with van der Waals surface area (Å²) in [6.45, 7) is 7.47. The number of nitrogens with one attached hydrogen (secondary N) is 1. The Hall–Kier alpha value is -0.0800. The molecule has 0 bridgehead atoms. The summed E-state index contributed by atoms with van der Waals surface area (Å²) < 4.78 is 6.13. The Morgan fingerprint density at radius 3 is 2.47 bits per heavy atom. The van der Waals surface area contributed by atoms with Crippen molar-refractivity contribution in [3.63, 3.8) is 0 Å². The maximum Gasteiger partial charge on any atom is 0.0806 e. The summed E-state index contributed by atoms with van der Waals surface area (Å²) in [5.41, 5.74) is 0.184. The highest BCUT2D eigenvalue weighted by atomic mass is 16.5. The minimum absolute atomic E-state index is 0.184. The maximum atomic E-state index is 6.13. The van der Waals surface area contributed by atoms with Crippen molar-refractivity contribution < 1.29 is 4.74 Å². The summed E-state index contributed by atoms with van der Waals surface area (Å²) >= 11 is 0. The molecule has 0 saturated heterocycles. The summed E-state index contributed by atoms with van der Waals surface area (Å²) in [6.07, 6.45) is 9.02. The van der Waals surface area contributed by atoms with Crippen molar-refractivity contribution in [2.75, 3.05) is 19.7 Å². The molecule has 0 aromatic rings. The van der Waals surface area contributed by atoms with Crippen LogP contribution in [0.4, 0.5) is 0 Å². The van der Waals surface area contributed by atoms with E-state index in [9.17, 15) is 0 Å². The lowest BCUT2D eigenvalue weighted by molar-refractivity contribution is -0.0404. The van der Waals surface area contributed by atoms with E-state index in [2.05, 4.69) is 19.2 Å². The topological polar surface area (TPSA) is 21.3 Å². The molecule has 0 atom stereocenters. The zero-order valence-electron chi connectivity index (χ0n) is 10.5. The fraction of sp³-hybridized carbons (Fsp3) is 1.00. The van der Waals surface area contributed by atoms with Crippen molar-refractivity contribution in [1.82, 2.24) is 5.32 Å². The number of unbranched alkanes of at least 4 members (excludes halogenated alkanes) is 2. The summed E-state index contributed by atoms with van der Waals surface area (Å²) in [5.74, 6) is 0. The van der Waals surface area contributed by atoms with Crippen LogP contribution < -0.4 is 5.32 Å². The fourth-order valence-corrected chi connectivity index (χ4v) is 2.39. The Kier molecular flexibility index (Phi) is 6.26. The van der Waals surface area contributed by atoms with Crippen LogP contribution in [0.1, 0.15) is 58.8 Å². The molecule has 0 aromatic heterocycles. The van der Waals surface area contributed by atoms with Crippen LogP contribution in [-0.4, -0.2) is 25.3 Å². The second-order valence-corrected chi connectivity index (χ2v) is 4.73. The van der Waals surface area contributed by atoms with Crippen LogP contribution in [0, 0.1) is 0 Å². The highest BCUT2D eigenvalue weighted by Gasteiger charge is 2.33. The standard InChI is InChI=1S/C13H27NO/c1-3-5-8-11-15-13(12-14-4-2)9-6-7-10-13/h14H,3-12H2,1-2H3. The Morgan fingerprint density at radius 2 is 1.87 bits per heavy atom. The molecule has 15 heavy (non-hydrogen) atoms. The van der Waals surface area contributed by atoms with Crippen LogP contribution in [0.15, 0.2) is 0 Å².